The summed E-state index contributed by atoms with van der Waals surface area (Å²) in [4.78, 5) is 24.0. The summed E-state index contributed by atoms with van der Waals surface area (Å²) in [5.41, 5.74) is 1.11. The van der Waals surface area contributed by atoms with Crippen LogP contribution in [0.3, 0.4) is 0 Å². The standard InChI is InChI=1S/C22H18FN3O6S/c1-31-19-9-5-15(11-18(19)26-33(29,30)16-6-3-14(23)4-7-16)24-22(28)13-2-8-17-20(10-13)32-12-21(27)25-17/h2-11,26H,12H2,1H3,(H,24,28)(H,25,27). The molecule has 0 atom stereocenters. The molecule has 33 heavy (non-hydrogen) atoms. The number of hydrogen-bond donors (Lipinski definition) is 3. The van der Waals surface area contributed by atoms with Gasteiger partial charge in [0, 0.05) is 11.3 Å². The van der Waals surface area contributed by atoms with Crippen LogP contribution >= 0.6 is 0 Å². The second kappa shape index (κ2) is 8.79. The summed E-state index contributed by atoms with van der Waals surface area (Å²) < 4.78 is 51.4. The smallest absolute Gasteiger partial charge is 0.262 e. The van der Waals surface area contributed by atoms with Gasteiger partial charge in [-0.05, 0) is 60.7 Å². The Morgan fingerprint density at radius 1 is 1.09 bits per heavy atom. The van der Waals surface area contributed by atoms with Gasteiger partial charge in [-0.15, -0.1) is 0 Å². The minimum Gasteiger partial charge on any atom is -0.495 e. The number of halogens is 1. The molecule has 0 saturated heterocycles. The molecule has 1 aliphatic heterocycles. The van der Waals surface area contributed by atoms with Crippen molar-refractivity contribution < 1.29 is 31.9 Å². The van der Waals surface area contributed by atoms with Gasteiger partial charge in [0.05, 0.1) is 23.4 Å². The number of fused-ring (bicyclic) bond motifs is 1. The van der Waals surface area contributed by atoms with Crippen molar-refractivity contribution in [1.82, 2.24) is 0 Å². The zero-order valence-electron chi connectivity index (χ0n) is 17.2. The number of amides is 2. The number of benzene rings is 3. The van der Waals surface area contributed by atoms with Crippen LogP contribution in [0.15, 0.2) is 65.6 Å². The predicted octanol–water partition coefficient (Wildman–Crippen LogP) is 3.22. The monoisotopic (exact) mass is 471 g/mol. The van der Waals surface area contributed by atoms with Crippen LogP contribution in [0.5, 0.6) is 11.5 Å². The van der Waals surface area contributed by atoms with Crippen LogP contribution < -0.4 is 24.8 Å². The molecule has 170 valence electrons. The average molecular weight is 471 g/mol. The highest BCUT2D eigenvalue weighted by Crippen LogP contribution is 2.31. The molecule has 11 heteroatoms. The second-order valence-corrected chi connectivity index (χ2v) is 8.66. The number of carbonyl (C=O) groups excluding carboxylic acids is 2. The van der Waals surface area contributed by atoms with E-state index in [2.05, 4.69) is 15.4 Å². The summed E-state index contributed by atoms with van der Waals surface area (Å²) in [5, 5.41) is 5.32. The molecule has 0 spiro atoms. The van der Waals surface area contributed by atoms with E-state index >= 15 is 0 Å². The summed E-state index contributed by atoms with van der Waals surface area (Å²) in [7, 11) is -2.67. The van der Waals surface area contributed by atoms with Gasteiger partial charge in [0.25, 0.3) is 21.8 Å². The maximum atomic E-state index is 13.1. The largest absolute Gasteiger partial charge is 0.495 e. The Labute approximate surface area is 188 Å². The number of nitrogens with one attached hydrogen (secondary N) is 3. The number of ether oxygens (including phenoxy) is 2. The number of rotatable bonds is 6. The molecule has 4 rings (SSSR count). The first-order valence-electron chi connectivity index (χ1n) is 9.59. The van der Waals surface area contributed by atoms with Gasteiger partial charge in [-0.25, -0.2) is 12.8 Å². The fourth-order valence-corrected chi connectivity index (χ4v) is 4.16. The van der Waals surface area contributed by atoms with Crippen molar-refractivity contribution in [2.24, 2.45) is 0 Å². The molecular formula is C22H18FN3O6S. The zero-order valence-corrected chi connectivity index (χ0v) is 18.0. The lowest BCUT2D eigenvalue weighted by atomic mass is 10.1. The maximum Gasteiger partial charge on any atom is 0.262 e. The lowest BCUT2D eigenvalue weighted by Gasteiger charge is -2.18. The van der Waals surface area contributed by atoms with Crippen molar-refractivity contribution in [2.45, 2.75) is 4.90 Å². The van der Waals surface area contributed by atoms with Crippen molar-refractivity contribution in [2.75, 3.05) is 29.1 Å². The Hall–Kier alpha value is -4.12. The van der Waals surface area contributed by atoms with Gasteiger partial charge >= 0.3 is 0 Å². The van der Waals surface area contributed by atoms with E-state index < -0.39 is 21.7 Å². The summed E-state index contributed by atoms with van der Waals surface area (Å²) in [5.74, 6) is -0.739. The van der Waals surface area contributed by atoms with E-state index in [-0.39, 0.29) is 34.4 Å². The van der Waals surface area contributed by atoms with Crippen LogP contribution in [0.4, 0.5) is 21.5 Å². The van der Waals surface area contributed by atoms with Gasteiger partial charge in [0.1, 0.15) is 17.3 Å². The lowest BCUT2D eigenvalue weighted by Crippen LogP contribution is -2.25. The highest BCUT2D eigenvalue weighted by atomic mass is 32.2. The Morgan fingerprint density at radius 2 is 1.85 bits per heavy atom. The fraction of sp³-hybridized carbons (Fsp3) is 0.0909. The third-order valence-corrected chi connectivity index (χ3v) is 6.08. The molecule has 3 N–H and O–H groups in total. The van der Waals surface area contributed by atoms with Crippen molar-refractivity contribution in [3.63, 3.8) is 0 Å². The molecule has 0 aromatic heterocycles. The Morgan fingerprint density at radius 3 is 2.58 bits per heavy atom. The molecule has 1 heterocycles. The lowest BCUT2D eigenvalue weighted by molar-refractivity contribution is -0.118. The SMILES string of the molecule is COc1ccc(NC(=O)c2ccc3c(c2)OCC(=O)N3)cc1NS(=O)(=O)c1ccc(F)cc1. The number of hydrogen-bond acceptors (Lipinski definition) is 6. The van der Waals surface area contributed by atoms with Gasteiger partial charge in [-0.1, -0.05) is 0 Å². The first-order valence-corrected chi connectivity index (χ1v) is 11.1. The first-order chi connectivity index (χ1) is 15.7. The molecule has 3 aromatic rings. The van der Waals surface area contributed by atoms with Crippen LogP contribution in [0, 0.1) is 5.82 Å². The van der Waals surface area contributed by atoms with Crippen LogP contribution in [-0.2, 0) is 14.8 Å². The molecular weight excluding hydrogens is 453 g/mol. The van der Waals surface area contributed by atoms with Gasteiger partial charge in [-0.2, -0.15) is 0 Å². The van der Waals surface area contributed by atoms with E-state index in [1.54, 1.807) is 12.1 Å². The quantitative estimate of drug-likeness (QED) is 0.507. The third-order valence-electron chi connectivity index (χ3n) is 4.70. The van der Waals surface area contributed by atoms with Gasteiger partial charge in [0.15, 0.2) is 6.61 Å². The molecule has 1 aliphatic rings. The molecule has 0 bridgehead atoms. The summed E-state index contributed by atoms with van der Waals surface area (Å²) in [6.07, 6.45) is 0. The summed E-state index contributed by atoms with van der Waals surface area (Å²) >= 11 is 0. The van der Waals surface area contributed by atoms with E-state index in [9.17, 15) is 22.4 Å². The van der Waals surface area contributed by atoms with Crippen molar-refractivity contribution in [3.05, 3.63) is 72.0 Å². The summed E-state index contributed by atoms with van der Waals surface area (Å²) in [6.45, 7) is -0.145. The third kappa shape index (κ3) is 4.88. The number of methoxy groups -OCH3 is 1. The van der Waals surface area contributed by atoms with Crippen molar-refractivity contribution >= 4 is 38.9 Å². The number of sulfonamides is 1. The minimum atomic E-state index is -4.04. The molecule has 0 unspecified atom stereocenters. The normalized spacial score (nSPS) is 12.7. The van der Waals surface area contributed by atoms with Gasteiger partial charge in [-0.3, -0.25) is 14.3 Å². The number of anilines is 3. The van der Waals surface area contributed by atoms with Crippen LogP contribution in [0.1, 0.15) is 10.4 Å². The molecule has 0 fully saturated rings. The van der Waals surface area contributed by atoms with E-state index in [1.165, 1.54) is 31.4 Å². The Kier molecular flexibility index (Phi) is 5.88. The van der Waals surface area contributed by atoms with Crippen LogP contribution in [0.2, 0.25) is 0 Å². The topological polar surface area (TPSA) is 123 Å². The van der Waals surface area contributed by atoms with E-state index in [1.807, 2.05) is 0 Å². The average Bonchev–Trinajstić information content (AvgIpc) is 2.79. The zero-order chi connectivity index (χ0) is 23.6. The maximum absolute atomic E-state index is 13.1. The van der Waals surface area contributed by atoms with E-state index in [0.29, 0.717) is 17.1 Å². The van der Waals surface area contributed by atoms with Gasteiger partial charge in [0.2, 0.25) is 0 Å². The van der Waals surface area contributed by atoms with Crippen molar-refractivity contribution in [1.29, 1.82) is 0 Å². The van der Waals surface area contributed by atoms with Crippen LogP contribution in [0.25, 0.3) is 0 Å². The Balaban J connectivity index is 1.56. The van der Waals surface area contributed by atoms with Gasteiger partial charge < -0.3 is 20.1 Å². The minimum absolute atomic E-state index is 0.0797. The molecule has 0 aliphatic carbocycles. The van der Waals surface area contributed by atoms with Crippen LogP contribution in [-0.4, -0.2) is 33.9 Å². The first kappa shape index (κ1) is 22.1. The number of carbonyl (C=O) groups is 2. The Bertz CT molecular complexity index is 1340. The molecule has 9 nitrogen and oxygen atoms in total. The predicted molar refractivity (Wildman–Crippen MR) is 119 cm³/mol. The highest BCUT2D eigenvalue weighted by molar-refractivity contribution is 7.92. The highest BCUT2D eigenvalue weighted by Gasteiger charge is 2.20. The second-order valence-electron chi connectivity index (χ2n) is 6.98. The molecule has 2 amide bonds. The van der Waals surface area contributed by atoms with Crippen molar-refractivity contribution in [3.8, 4) is 11.5 Å². The fourth-order valence-electron chi connectivity index (χ4n) is 3.10. The molecule has 0 radical (unpaired) electrons. The molecule has 0 saturated carbocycles. The molecule has 3 aromatic carbocycles. The van der Waals surface area contributed by atoms with E-state index in [4.69, 9.17) is 9.47 Å². The van der Waals surface area contributed by atoms with E-state index in [0.717, 1.165) is 24.3 Å². The summed E-state index contributed by atoms with van der Waals surface area (Å²) in [6, 6.07) is 13.3.